The van der Waals surface area contributed by atoms with E-state index in [0.717, 1.165) is 27.2 Å². The van der Waals surface area contributed by atoms with Crippen molar-refractivity contribution in [3.63, 3.8) is 0 Å². The van der Waals surface area contributed by atoms with Crippen LogP contribution < -0.4 is 15.4 Å². The molecule has 0 aliphatic carbocycles. The maximum Gasteiger partial charge on any atom is 0.323 e. The summed E-state index contributed by atoms with van der Waals surface area (Å²) in [5.41, 5.74) is 1.56. The molecule has 0 saturated heterocycles. The van der Waals surface area contributed by atoms with E-state index in [0.29, 0.717) is 22.7 Å². The zero-order valence-electron chi connectivity index (χ0n) is 25.8. The molecule has 46 heavy (non-hydrogen) atoms. The second-order valence-corrected chi connectivity index (χ2v) is 13.6. The van der Waals surface area contributed by atoms with Crippen LogP contribution in [0.15, 0.2) is 89.8 Å². The van der Waals surface area contributed by atoms with Gasteiger partial charge in [0.1, 0.15) is 17.7 Å². The van der Waals surface area contributed by atoms with E-state index < -0.39 is 34.0 Å². The number of anilines is 2. The Kier molecular flexibility index (Phi) is 9.90. The Labute approximate surface area is 267 Å². The van der Waals surface area contributed by atoms with Gasteiger partial charge in [-0.2, -0.15) is 4.31 Å². The van der Waals surface area contributed by atoms with Crippen molar-refractivity contribution in [3.05, 3.63) is 96.3 Å². The Morgan fingerprint density at radius 1 is 1.07 bits per heavy atom. The fourth-order valence-corrected chi connectivity index (χ4v) is 6.67. The molecule has 4 aromatic carbocycles. The number of urea groups is 1. The molecule has 0 aromatic heterocycles. The van der Waals surface area contributed by atoms with Crippen molar-refractivity contribution >= 4 is 44.1 Å². The number of benzene rings is 4. The highest BCUT2D eigenvalue weighted by Crippen LogP contribution is 2.30. The summed E-state index contributed by atoms with van der Waals surface area (Å²) in [5.74, 6) is -0.770. The molecule has 0 saturated carbocycles. The van der Waals surface area contributed by atoms with Crippen molar-refractivity contribution in [1.82, 2.24) is 9.21 Å². The van der Waals surface area contributed by atoms with E-state index in [1.54, 1.807) is 30.0 Å². The van der Waals surface area contributed by atoms with Crippen LogP contribution in [0, 0.1) is 11.7 Å². The number of sulfonamides is 1. The van der Waals surface area contributed by atoms with E-state index >= 15 is 0 Å². The van der Waals surface area contributed by atoms with Crippen LogP contribution in [0.1, 0.15) is 19.4 Å². The molecule has 0 spiro atoms. The van der Waals surface area contributed by atoms with Gasteiger partial charge in [0.15, 0.2) is 0 Å². The largest absolute Gasteiger partial charge is 0.488 e. The second kappa shape index (κ2) is 13.9. The molecule has 12 heteroatoms. The van der Waals surface area contributed by atoms with Crippen LogP contribution in [0.3, 0.4) is 0 Å². The smallest absolute Gasteiger partial charge is 0.323 e. The van der Waals surface area contributed by atoms with Crippen LogP contribution in [0.5, 0.6) is 5.75 Å². The van der Waals surface area contributed by atoms with E-state index in [1.165, 1.54) is 19.2 Å². The minimum Gasteiger partial charge on any atom is -0.488 e. The number of carbonyl (C=O) groups is 2. The highest BCUT2D eigenvalue weighted by molar-refractivity contribution is 7.89. The average Bonchev–Trinajstić information content (AvgIpc) is 3.08. The van der Waals surface area contributed by atoms with Gasteiger partial charge in [-0.1, -0.05) is 43.3 Å². The molecule has 0 radical (unpaired) electrons. The molecule has 10 nitrogen and oxygen atoms in total. The maximum absolute atomic E-state index is 13.6. The lowest BCUT2D eigenvalue weighted by molar-refractivity contribution is -0.134. The number of fused-ring (bicyclic) bond motifs is 2. The summed E-state index contributed by atoms with van der Waals surface area (Å²) in [7, 11) is -2.56. The van der Waals surface area contributed by atoms with Gasteiger partial charge in [-0.05, 0) is 60.8 Å². The fraction of sp³-hybridized carbons (Fsp3) is 0.294. The first-order valence-corrected chi connectivity index (χ1v) is 16.4. The molecule has 3 atom stereocenters. The monoisotopic (exact) mass is 648 g/mol. The summed E-state index contributed by atoms with van der Waals surface area (Å²) in [6.07, 6.45) is -0.768. The van der Waals surface area contributed by atoms with Crippen molar-refractivity contribution in [2.75, 3.05) is 37.4 Å². The van der Waals surface area contributed by atoms with Crippen molar-refractivity contribution < 1.29 is 32.2 Å². The van der Waals surface area contributed by atoms with Crippen molar-refractivity contribution in [2.45, 2.75) is 37.3 Å². The van der Waals surface area contributed by atoms with Crippen molar-refractivity contribution in [3.8, 4) is 5.75 Å². The van der Waals surface area contributed by atoms with Crippen LogP contribution in [-0.4, -0.2) is 73.6 Å². The van der Waals surface area contributed by atoms with Gasteiger partial charge in [-0.25, -0.2) is 17.6 Å². The topological polar surface area (TPSA) is 128 Å². The Hall–Kier alpha value is -4.52. The van der Waals surface area contributed by atoms with Gasteiger partial charge >= 0.3 is 6.03 Å². The van der Waals surface area contributed by atoms with Gasteiger partial charge < -0.3 is 25.4 Å². The number of carbonyl (C=O) groups excluding carboxylic acids is 2. The number of likely N-dealkylation sites (N-methyl/N-ethyl adjacent to an activating group) is 1. The summed E-state index contributed by atoms with van der Waals surface area (Å²) in [6, 6.07) is 21.9. The molecular formula is C34H37FN4O6S. The van der Waals surface area contributed by atoms with E-state index in [-0.39, 0.29) is 42.8 Å². The lowest BCUT2D eigenvalue weighted by Gasteiger charge is -2.33. The number of aliphatic hydroxyl groups excluding tert-OH is 1. The van der Waals surface area contributed by atoms with E-state index in [9.17, 15) is 27.5 Å². The molecular weight excluding hydrogens is 611 g/mol. The van der Waals surface area contributed by atoms with Gasteiger partial charge in [-0.15, -0.1) is 0 Å². The molecule has 242 valence electrons. The van der Waals surface area contributed by atoms with Crippen LogP contribution in [0.4, 0.5) is 20.6 Å². The number of hydrogen-bond acceptors (Lipinski definition) is 6. The predicted molar refractivity (Wildman–Crippen MR) is 175 cm³/mol. The van der Waals surface area contributed by atoms with Crippen LogP contribution >= 0.6 is 0 Å². The van der Waals surface area contributed by atoms with E-state index in [2.05, 4.69) is 10.6 Å². The molecule has 0 fully saturated rings. The maximum atomic E-state index is 13.6. The zero-order valence-corrected chi connectivity index (χ0v) is 26.6. The number of amides is 3. The normalized spacial score (nSPS) is 17.8. The first-order valence-electron chi connectivity index (χ1n) is 14.9. The number of halogens is 1. The Balaban J connectivity index is 1.41. The number of rotatable bonds is 8. The van der Waals surface area contributed by atoms with Crippen molar-refractivity contribution in [1.29, 1.82) is 0 Å². The second-order valence-electron chi connectivity index (χ2n) is 11.6. The van der Waals surface area contributed by atoms with Crippen LogP contribution in [0.2, 0.25) is 0 Å². The first-order chi connectivity index (χ1) is 22.0. The molecule has 1 aliphatic heterocycles. The van der Waals surface area contributed by atoms with Crippen LogP contribution in [0.25, 0.3) is 10.8 Å². The molecule has 5 rings (SSSR count). The summed E-state index contributed by atoms with van der Waals surface area (Å²) in [4.78, 5) is 28.1. The molecule has 1 heterocycles. The first kappa shape index (κ1) is 32.9. The van der Waals surface area contributed by atoms with Crippen molar-refractivity contribution in [2.24, 2.45) is 5.92 Å². The molecule has 0 unspecified atom stereocenters. The van der Waals surface area contributed by atoms with Gasteiger partial charge in [-0.3, -0.25) is 4.79 Å². The highest BCUT2D eigenvalue weighted by Gasteiger charge is 2.33. The lowest BCUT2D eigenvalue weighted by atomic mass is 10.0. The molecule has 3 amide bonds. The minimum absolute atomic E-state index is 0.0595. The third-order valence-electron chi connectivity index (χ3n) is 8.17. The van der Waals surface area contributed by atoms with Gasteiger partial charge in [0.05, 0.1) is 36.2 Å². The summed E-state index contributed by atoms with van der Waals surface area (Å²) in [6.45, 7) is 3.48. The molecule has 1 aliphatic rings. The quantitative estimate of drug-likeness (QED) is 0.244. The van der Waals surface area contributed by atoms with E-state index in [1.807, 2.05) is 49.4 Å². The van der Waals surface area contributed by atoms with Gasteiger partial charge in [0.25, 0.3) is 0 Å². The number of nitrogens with zero attached hydrogens (tertiary/aromatic N) is 2. The zero-order chi connectivity index (χ0) is 33.0. The number of nitrogens with one attached hydrogen (secondary N) is 2. The molecule has 4 aromatic rings. The Morgan fingerprint density at radius 2 is 1.78 bits per heavy atom. The predicted octanol–water partition coefficient (Wildman–Crippen LogP) is 5.09. The van der Waals surface area contributed by atoms with Gasteiger partial charge in [0, 0.05) is 36.1 Å². The molecule has 0 bridgehead atoms. The van der Waals surface area contributed by atoms with Gasteiger partial charge in [0.2, 0.25) is 15.9 Å². The third-order valence-corrected chi connectivity index (χ3v) is 10.0. The minimum atomic E-state index is -3.98. The van der Waals surface area contributed by atoms with E-state index in [4.69, 9.17) is 4.74 Å². The highest BCUT2D eigenvalue weighted by atomic mass is 32.2. The lowest BCUT2D eigenvalue weighted by Crippen LogP contribution is -2.48. The number of ether oxygens (including phenoxy) is 1. The average molecular weight is 649 g/mol. The Morgan fingerprint density at radius 3 is 2.52 bits per heavy atom. The number of hydrogen-bond donors (Lipinski definition) is 3. The Bertz CT molecular complexity index is 1830. The third kappa shape index (κ3) is 7.30. The summed E-state index contributed by atoms with van der Waals surface area (Å²) < 4.78 is 47.7. The SMILES string of the molecule is C[C@H](CO)N1C[C@H](C)[C@H](CN(C)S(=O)(=O)c2ccc(F)cc2)Oc2ccc(NC(=O)Nc3cccc4ccccc34)cc2CC1=O. The summed E-state index contributed by atoms with van der Waals surface area (Å²) >= 11 is 0. The summed E-state index contributed by atoms with van der Waals surface area (Å²) in [5, 5.41) is 17.5. The number of aliphatic hydroxyl groups is 1. The van der Waals surface area contributed by atoms with Crippen LogP contribution in [-0.2, 0) is 21.2 Å². The standard InChI is InChI=1S/C34H37FN4O6S/c1-22-19-39(23(2)21-40)33(41)18-25-17-27(36-34(42)37-30-10-6-8-24-7-4-5-9-29(24)30)13-16-31(25)45-32(22)20-38(3)46(43,44)28-14-11-26(35)12-15-28/h4-17,22-23,32,40H,18-21H2,1-3H3,(H2,36,37,42)/t22-,23+,32-/m0/s1. The molecule has 3 N–H and O–H groups in total. The fourth-order valence-electron chi connectivity index (χ4n) is 5.48.